The molecule has 0 spiro atoms. The molecule has 0 atom stereocenters. The number of alkyl halides is 3. The Morgan fingerprint density at radius 2 is 1.93 bits per heavy atom. The highest BCUT2D eigenvalue weighted by molar-refractivity contribution is 7.08. The first kappa shape index (κ1) is 21.5. The van der Waals surface area contributed by atoms with Crippen LogP contribution in [0.15, 0.2) is 41.2 Å². The van der Waals surface area contributed by atoms with Gasteiger partial charge in [0.05, 0.1) is 18.4 Å². The zero-order chi connectivity index (χ0) is 21.9. The molecule has 4 rings (SSSR count). The van der Waals surface area contributed by atoms with Crippen molar-refractivity contribution in [3.63, 3.8) is 0 Å². The van der Waals surface area contributed by atoms with E-state index in [0.717, 1.165) is 23.8 Å². The second-order valence-corrected chi connectivity index (χ2v) is 7.20. The molecule has 0 aromatic carbocycles. The maximum Gasteiger partial charge on any atom is 0.490 e. The van der Waals surface area contributed by atoms with Crippen LogP contribution in [0.3, 0.4) is 0 Å². The Morgan fingerprint density at radius 3 is 2.53 bits per heavy atom. The van der Waals surface area contributed by atoms with Gasteiger partial charge in [0.1, 0.15) is 11.5 Å². The van der Waals surface area contributed by atoms with Crippen molar-refractivity contribution < 1.29 is 27.9 Å². The highest BCUT2D eigenvalue weighted by Crippen LogP contribution is 2.26. The molecule has 3 aromatic rings. The van der Waals surface area contributed by atoms with Gasteiger partial charge in [0.2, 0.25) is 0 Å². The molecule has 0 bridgehead atoms. The maximum atomic E-state index is 12.6. The number of aliphatic carboxylic acids is 1. The number of aromatic nitrogens is 3. The van der Waals surface area contributed by atoms with Gasteiger partial charge in [-0.25, -0.2) is 14.8 Å². The fourth-order valence-electron chi connectivity index (χ4n) is 2.90. The number of aryl methyl sites for hydroxylation is 1. The highest BCUT2D eigenvalue weighted by Gasteiger charge is 2.38. The van der Waals surface area contributed by atoms with Crippen LogP contribution < -0.4 is 0 Å². The molecule has 11 heteroatoms. The van der Waals surface area contributed by atoms with Crippen molar-refractivity contribution in [2.24, 2.45) is 0 Å². The SMILES string of the molecule is Cc1cccc(C(=O)N2CCn3c(-c4ccsc4)cnc3C2)n1.O=C(O)C(F)(F)F. The van der Waals surface area contributed by atoms with Crippen LogP contribution in [-0.4, -0.2) is 49.1 Å². The smallest absolute Gasteiger partial charge is 0.475 e. The lowest BCUT2D eigenvalue weighted by Crippen LogP contribution is -2.39. The number of halogens is 3. The summed E-state index contributed by atoms with van der Waals surface area (Å²) in [5.74, 6) is -1.86. The van der Waals surface area contributed by atoms with Gasteiger partial charge in [0, 0.05) is 29.7 Å². The first-order valence-electron chi connectivity index (χ1n) is 8.77. The molecule has 1 N–H and O–H groups in total. The van der Waals surface area contributed by atoms with E-state index in [1.165, 1.54) is 5.56 Å². The van der Waals surface area contributed by atoms with Crippen molar-refractivity contribution in [3.8, 4) is 11.3 Å². The van der Waals surface area contributed by atoms with Gasteiger partial charge in [-0.3, -0.25) is 4.79 Å². The van der Waals surface area contributed by atoms with Gasteiger partial charge in [-0.2, -0.15) is 24.5 Å². The molecule has 158 valence electrons. The molecule has 1 aliphatic rings. The number of carboxylic acid groups (broad SMARTS) is 1. The number of amides is 1. The van der Waals surface area contributed by atoms with E-state index in [4.69, 9.17) is 9.90 Å². The van der Waals surface area contributed by atoms with E-state index >= 15 is 0 Å². The molecule has 4 heterocycles. The quantitative estimate of drug-likeness (QED) is 0.661. The average molecular weight is 438 g/mol. The van der Waals surface area contributed by atoms with Gasteiger partial charge in [-0.15, -0.1) is 0 Å². The molecule has 0 unspecified atom stereocenters. The molecule has 1 aliphatic heterocycles. The minimum Gasteiger partial charge on any atom is -0.475 e. The van der Waals surface area contributed by atoms with Crippen molar-refractivity contribution in [3.05, 3.63) is 58.4 Å². The number of carbonyl (C=O) groups excluding carboxylic acids is 1. The summed E-state index contributed by atoms with van der Waals surface area (Å²) in [6.45, 7) is 3.86. The van der Waals surface area contributed by atoms with E-state index in [0.29, 0.717) is 18.8 Å². The highest BCUT2D eigenvalue weighted by atomic mass is 32.1. The number of carbonyl (C=O) groups is 2. The van der Waals surface area contributed by atoms with Crippen LogP contribution in [0.2, 0.25) is 0 Å². The number of nitrogens with zero attached hydrogens (tertiary/aromatic N) is 4. The first-order valence-corrected chi connectivity index (χ1v) is 9.71. The number of hydrogen-bond acceptors (Lipinski definition) is 5. The predicted octanol–water partition coefficient (Wildman–Crippen LogP) is 3.60. The monoisotopic (exact) mass is 438 g/mol. The number of imidazole rings is 1. The van der Waals surface area contributed by atoms with Crippen molar-refractivity contribution in [1.29, 1.82) is 0 Å². The van der Waals surface area contributed by atoms with Crippen LogP contribution in [0.1, 0.15) is 22.0 Å². The summed E-state index contributed by atoms with van der Waals surface area (Å²) in [5, 5.41) is 11.3. The number of hydrogen-bond donors (Lipinski definition) is 1. The van der Waals surface area contributed by atoms with Gasteiger partial charge >= 0.3 is 12.1 Å². The lowest BCUT2D eigenvalue weighted by atomic mass is 10.2. The number of pyridine rings is 1. The largest absolute Gasteiger partial charge is 0.490 e. The third-order valence-electron chi connectivity index (χ3n) is 4.32. The average Bonchev–Trinajstić information content (AvgIpc) is 3.36. The van der Waals surface area contributed by atoms with E-state index in [9.17, 15) is 18.0 Å². The summed E-state index contributed by atoms with van der Waals surface area (Å²) in [5.41, 5.74) is 3.67. The van der Waals surface area contributed by atoms with Gasteiger partial charge in [0.15, 0.2) is 0 Å². The lowest BCUT2D eigenvalue weighted by Gasteiger charge is -2.28. The molecule has 0 radical (unpaired) electrons. The zero-order valence-electron chi connectivity index (χ0n) is 15.8. The van der Waals surface area contributed by atoms with Crippen LogP contribution in [0.5, 0.6) is 0 Å². The van der Waals surface area contributed by atoms with Crippen LogP contribution in [0, 0.1) is 6.92 Å². The lowest BCUT2D eigenvalue weighted by molar-refractivity contribution is -0.192. The van der Waals surface area contributed by atoms with Crippen LogP contribution in [-0.2, 0) is 17.9 Å². The van der Waals surface area contributed by atoms with Gasteiger partial charge in [-0.05, 0) is 30.5 Å². The molecule has 0 saturated carbocycles. The molecule has 1 amide bonds. The zero-order valence-corrected chi connectivity index (χ0v) is 16.6. The third kappa shape index (κ3) is 4.85. The van der Waals surface area contributed by atoms with Crippen LogP contribution >= 0.6 is 11.3 Å². The van der Waals surface area contributed by atoms with Crippen molar-refractivity contribution in [2.75, 3.05) is 6.54 Å². The fraction of sp³-hybridized carbons (Fsp3) is 0.263. The van der Waals surface area contributed by atoms with Crippen LogP contribution in [0.4, 0.5) is 13.2 Å². The molecule has 0 aliphatic carbocycles. The summed E-state index contributed by atoms with van der Waals surface area (Å²) in [6, 6.07) is 7.64. The van der Waals surface area contributed by atoms with E-state index in [-0.39, 0.29) is 5.91 Å². The Bertz CT molecular complexity index is 1050. The molecule has 0 saturated heterocycles. The Balaban J connectivity index is 0.000000318. The van der Waals surface area contributed by atoms with E-state index in [1.807, 2.05) is 30.2 Å². The summed E-state index contributed by atoms with van der Waals surface area (Å²) in [4.78, 5) is 32.2. The predicted molar refractivity (Wildman–Crippen MR) is 103 cm³/mol. The Kier molecular flexibility index (Phi) is 6.20. The van der Waals surface area contributed by atoms with Crippen molar-refractivity contribution >= 4 is 23.2 Å². The standard InChI is InChI=1S/C17H16N4OS.C2HF3O2/c1-12-3-2-4-14(19-12)17(22)20-6-7-21-15(9-18-16(21)10-20)13-5-8-23-11-13;3-2(4,5)1(6)7/h2-5,8-9,11H,6-7,10H2,1H3;(H,6,7). The van der Waals surface area contributed by atoms with E-state index in [1.54, 1.807) is 17.4 Å². The number of thiophene rings is 1. The molecular weight excluding hydrogens is 421 g/mol. The molecule has 7 nitrogen and oxygen atoms in total. The number of fused-ring (bicyclic) bond motifs is 1. The van der Waals surface area contributed by atoms with Crippen molar-refractivity contribution in [2.45, 2.75) is 26.2 Å². The fourth-order valence-corrected chi connectivity index (χ4v) is 3.55. The van der Waals surface area contributed by atoms with Gasteiger partial charge < -0.3 is 14.6 Å². The summed E-state index contributed by atoms with van der Waals surface area (Å²) >= 11 is 1.68. The maximum absolute atomic E-state index is 12.6. The topological polar surface area (TPSA) is 88.3 Å². The number of carboxylic acids is 1. The molecule has 3 aromatic heterocycles. The molecule has 0 fully saturated rings. The first-order chi connectivity index (χ1) is 14.2. The second-order valence-electron chi connectivity index (χ2n) is 6.42. The Labute approximate surface area is 173 Å². The van der Waals surface area contributed by atoms with E-state index in [2.05, 4.69) is 31.4 Å². The number of rotatable bonds is 2. The summed E-state index contributed by atoms with van der Waals surface area (Å²) in [6.07, 6.45) is -3.18. The summed E-state index contributed by atoms with van der Waals surface area (Å²) in [7, 11) is 0. The molecule has 30 heavy (non-hydrogen) atoms. The minimum atomic E-state index is -5.08. The van der Waals surface area contributed by atoms with Gasteiger partial charge in [-0.1, -0.05) is 6.07 Å². The Hall–Kier alpha value is -3.21. The Morgan fingerprint density at radius 1 is 1.20 bits per heavy atom. The van der Waals surface area contributed by atoms with Crippen LogP contribution in [0.25, 0.3) is 11.3 Å². The third-order valence-corrected chi connectivity index (χ3v) is 5.00. The van der Waals surface area contributed by atoms with Gasteiger partial charge in [0.25, 0.3) is 5.91 Å². The van der Waals surface area contributed by atoms with E-state index < -0.39 is 12.1 Å². The minimum absolute atomic E-state index is 0.0277. The molecular formula is C19H17F3N4O3S. The van der Waals surface area contributed by atoms with Crippen molar-refractivity contribution in [1.82, 2.24) is 19.4 Å². The normalized spacial score (nSPS) is 13.3. The second kappa shape index (κ2) is 8.66. The summed E-state index contributed by atoms with van der Waals surface area (Å²) < 4.78 is 33.9.